The van der Waals surface area contributed by atoms with Gasteiger partial charge in [0.2, 0.25) is 0 Å². The zero-order chi connectivity index (χ0) is 14.2. The van der Waals surface area contributed by atoms with Gasteiger partial charge in [-0.05, 0) is 25.0 Å². The Hall–Kier alpha value is -1.55. The van der Waals surface area contributed by atoms with Crippen molar-refractivity contribution >= 4 is 5.97 Å². The number of esters is 1. The molecule has 0 spiro atoms. The Bertz CT molecular complexity index is 401. The van der Waals surface area contributed by atoms with E-state index >= 15 is 0 Å². The van der Waals surface area contributed by atoms with Gasteiger partial charge in [-0.2, -0.15) is 0 Å². The van der Waals surface area contributed by atoms with Gasteiger partial charge in [0.1, 0.15) is 12.4 Å². The molecule has 2 rings (SSSR count). The monoisotopic (exact) mass is 277 g/mol. The summed E-state index contributed by atoms with van der Waals surface area (Å²) in [5.41, 5.74) is 0. The summed E-state index contributed by atoms with van der Waals surface area (Å²) in [6, 6.07) is 10.3. The third-order valence-electron chi connectivity index (χ3n) is 3.79. The van der Waals surface area contributed by atoms with Gasteiger partial charge in [-0.15, -0.1) is 0 Å². The number of benzene rings is 1. The maximum atomic E-state index is 11.5. The van der Waals surface area contributed by atoms with Crippen LogP contribution in [0.2, 0.25) is 0 Å². The minimum atomic E-state index is -0.170. The largest absolute Gasteiger partial charge is 0.492 e. The maximum absolute atomic E-state index is 11.5. The molecule has 0 heterocycles. The van der Waals surface area contributed by atoms with Gasteiger partial charge in [0.05, 0.1) is 13.7 Å². The first-order chi connectivity index (χ1) is 9.79. The van der Waals surface area contributed by atoms with Crippen LogP contribution in [0.1, 0.15) is 25.7 Å². The van der Waals surface area contributed by atoms with E-state index in [0.29, 0.717) is 19.2 Å². The van der Waals surface area contributed by atoms with Crippen LogP contribution in [0.5, 0.6) is 5.75 Å². The van der Waals surface area contributed by atoms with Gasteiger partial charge in [0, 0.05) is 12.6 Å². The molecule has 0 saturated heterocycles. The normalized spacial score (nSPS) is 15.5. The highest BCUT2D eigenvalue weighted by atomic mass is 16.5. The Morgan fingerprint density at radius 2 is 1.95 bits per heavy atom. The molecule has 0 aromatic heterocycles. The van der Waals surface area contributed by atoms with Crippen molar-refractivity contribution < 1.29 is 14.3 Å². The van der Waals surface area contributed by atoms with Crippen LogP contribution in [-0.2, 0) is 9.53 Å². The Labute approximate surface area is 120 Å². The number of hydrogen-bond donors (Lipinski definition) is 0. The number of carbonyl (C=O) groups excluding carboxylic acids is 1. The van der Waals surface area contributed by atoms with Crippen molar-refractivity contribution in [2.75, 3.05) is 26.8 Å². The standard InChI is InChI=1S/C16H23NO3/c1-19-16(18)13-17(14-7-5-6-8-14)11-12-20-15-9-3-2-4-10-15/h2-4,9-10,14H,5-8,11-13H2,1H3. The first-order valence-electron chi connectivity index (χ1n) is 7.28. The number of hydrogen-bond acceptors (Lipinski definition) is 4. The van der Waals surface area contributed by atoms with E-state index in [9.17, 15) is 4.79 Å². The van der Waals surface area contributed by atoms with Crippen LogP contribution in [0.4, 0.5) is 0 Å². The second-order valence-electron chi connectivity index (χ2n) is 5.15. The van der Waals surface area contributed by atoms with E-state index in [2.05, 4.69) is 4.90 Å². The van der Waals surface area contributed by atoms with Crippen molar-refractivity contribution in [1.29, 1.82) is 0 Å². The predicted octanol–water partition coefficient (Wildman–Crippen LogP) is 2.48. The van der Waals surface area contributed by atoms with Crippen LogP contribution in [0.15, 0.2) is 30.3 Å². The molecule has 0 atom stereocenters. The Kier molecular flexibility index (Phi) is 5.87. The molecule has 0 unspecified atom stereocenters. The Balaban J connectivity index is 1.82. The Morgan fingerprint density at radius 3 is 2.60 bits per heavy atom. The minimum Gasteiger partial charge on any atom is -0.492 e. The second-order valence-corrected chi connectivity index (χ2v) is 5.15. The molecule has 4 heteroatoms. The predicted molar refractivity (Wildman–Crippen MR) is 77.8 cm³/mol. The Morgan fingerprint density at radius 1 is 1.25 bits per heavy atom. The van der Waals surface area contributed by atoms with E-state index in [1.165, 1.54) is 32.8 Å². The molecule has 0 N–H and O–H groups in total. The van der Waals surface area contributed by atoms with Crippen molar-refractivity contribution in [1.82, 2.24) is 4.90 Å². The maximum Gasteiger partial charge on any atom is 0.319 e. The van der Waals surface area contributed by atoms with E-state index in [-0.39, 0.29) is 5.97 Å². The number of para-hydroxylation sites is 1. The van der Waals surface area contributed by atoms with Crippen molar-refractivity contribution in [3.8, 4) is 5.75 Å². The zero-order valence-electron chi connectivity index (χ0n) is 12.1. The van der Waals surface area contributed by atoms with Crippen LogP contribution in [0.25, 0.3) is 0 Å². The first kappa shape index (κ1) is 14.9. The number of methoxy groups -OCH3 is 1. The first-order valence-corrected chi connectivity index (χ1v) is 7.28. The van der Waals surface area contributed by atoms with Gasteiger partial charge in [-0.1, -0.05) is 31.0 Å². The lowest BCUT2D eigenvalue weighted by atomic mass is 10.2. The summed E-state index contributed by atoms with van der Waals surface area (Å²) in [7, 11) is 1.44. The SMILES string of the molecule is COC(=O)CN(CCOc1ccccc1)C1CCCC1. The highest BCUT2D eigenvalue weighted by molar-refractivity contribution is 5.71. The van der Waals surface area contributed by atoms with Crippen molar-refractivity contribution in [3.63, 3.8) is 0 Å². The smallest absolute Gasteiger partial charge is 0.319 e. The summed E-state index contributed by atoms with van der Waals surface area (Å²) in [6.45, 7) is 1.71. The average Bonchev–Trinajstić information content (AvgIpc) is 3.01. The highest BCUT2D eigenvalue weighted by Crippen LogP contribution is 2.23. The quantitative estimate of drug-likeness (QED) is 0.718. The molecular formula is C16H23NO3. The van der Waals surface area contributed by atoms with Gasteiger partial charge in [-0.25, -0.2) is 0 Å². The van der Waals surface area contributed by atoms with Gasteiger partial charge in [0.15, 0.2) is 0 Å². The van der Waals surface area contributed by atoms with Crippen LogP contribution in [0.3, 0.4) is 0 Å². The van der Waals surface area contributed by atoms with Crippen molar-refractivity contribution in [2.45, 2.75) is 31.7 Å². The third kappa shape index (κ3) is 4.53. The fourth-order valence-electron chi connectivity index (χ4n) is 2.69. The molecule has 0 bridgehead atoms. The molecule has 1 aromatic rings. The molecular weight excluding hydrogens is 254 g/mol. The summed E-state index contributed by atoms with van der Waals surface area (Å²) in [4.78, 5) is 13.7. The lowest BCUT2D eigenvalue weighted by Gasteiger charge is -2.27. The summed E-state index contributed by atoms with van der Waals surface area (Å²) < 4.78 is 10.5. The molecule has 1 aromatic carbocycles. The molecule has 1 aliphatic carbocycles. The second kappa shape index (κ2) is 7.90. The highest BCUT2D eigenvalue weighted by Gasteiger charge is 2.24. The summed E-state index contributed by atoms with van der Waals surface area (Å²) >= 11 is 0. The van der Waals surface area contributed by atoms with E-state index < -0.39 is 0 Å². The molecule has 1 aliphatic rings. The topological polar surface area (TPSA) is 38.8 Å². The third-order valence-corrected chi connectivity index (χ3v) is 3.79. The van der Waals surface area contributed by atoms with Gasteiger partial charge < -0.3 is 9.47 Å². The molecule has 1 fully saturated rings. The molecule has 0 amide bonds. The fraction of sp³-hybridized carbons (Fsp3) is 0.562. The molecule has 0 radical (unpaired) electrons. The van der Waals surface area contributed by atoms with E-state index in [4.69, 9.17) is 9.47 Å². The number of rotatable bonds is 7. The number of nitrogens with zero attached hydrogens (tertiary/aromatic N) is 1. The van der Waals surface area contributed by atoms with Crippen LogP contribution < -0.4 is 4.74 Å². The van der Waals surface area contributed by atoms with Crippen molar-refractivity contribution in [2.24, 2.45) is 0 Å². The molecule has 0 aliphatic heterocycles. The fourth-order valence-corrected chi connectivity index (χ4v) is 2.69. The molecule has 4 nitrogen and oxygen atoms in total. The lowest BCUT2D eigenvalue weighted by molar-refractivity contribution is -0.142. The summed E-state index contributed by atoms with van der Waals surface area (Å²) in [5, 5.41) is 0. The molecule has 1 saturated carbocycles. The zero-order valence-corrected chi connectivity index (χ0v) is 12.1. The summed E-state index contributed by atoms with van der Waals surface area (Å²) in [5.74, 6) is 0.702. The van der Waals surface area contributed by atoms with Gasteiger partial charge in [0.25, 0.3) is 0 Å². The lowest BCUT2D eigenvalue weighted by Crippen LogP contribution is -2.40. The van der Waals surface area contributed by atoms with E-state index in [0.717, 1.165) is 12.3 Å². The van der Waals surface area contributed by atoms with Crippen LogP contribution >= 0.6 is 0 Å². The van der Waals surface area contributed by atoms with Crippen molar-refractivity contribution in [3.05, 3.63) is 30.3 Å². The van der Waals surface area contributed by atoms with Gasteiger partial charge >= 0.3 is 5.97 Å². The van der Waals surface area contributed by atoms with Crippen LogP contribution in [0, 0.1) is 0 Å². The van der Waals surface area contributed by atoms with E-state index in [1.54, 1.807) is 0 Å². The number of ether oxygens (including phenoxy) is 2. The molecule has 110 valence electrons. The number of carbonyl (C=O) groups is 1. The average molecular weight is 277 g/mol. The van der Waals surface area contributed by atoms with Gasteiger partial charge in [-0.3, -0.25) is 9.69 Å². The van der Waals surface area contributed by atoms with E-state index in [1.807, 2.05) is 30.3 Å². The van der Waals surface area contributed by atoms with Crippen LogP contribution in [-0.4, -0.2) is 43.7 Å². The minimum absolute atomic E-state index is 0.170. The molecule has 20 heavy (non-hydrogen) atoms. The summed E-state index contributed by atoms with van der Waals surface area (Å²) in [6.07, 6.45) is 4.84.